The van der Waals surface area contributed by atoms with E-state index in [-0.39, 0.29) is 5.96 Å². The van der Waals surface area contributed by atoms with Gasteiger partial charge in [0.15, 0.2) is 5.96 Å². The highest BCUT2D eigenvalue weighted by Gasteiger charge is 2.18. The molecule has 6 heteroatoms. The maximum absolute atomic E-state index is 7.99. The Morgan fingerprint density at radius 2 is 1.59 bits per heavy atom. The van der Waals surface area contributed by atoms with E-state index in [2.05, 4.69) is 4.98 Å². The summed E-state index contributed by atoms with van der Waals surface area (Å²) >= 11 is 0. The molecule has 1 heterocycles. The Labute approximate surface area is 158 Å². The van der Waals surface area contributed by atoms with Crippen LogP contribution in [0.5, 0.6) is 11.5 Å². The van der Waals surface area contributed by atoms with Crippen molar-refractivity contribution in [1.82, 2.24) is 4.98 Å². The van der Waals surface area contributed by atoms with Crippen LogP contribution in [0.4, 0.5) is 5.82 Å². The number of guanidine groups is 1. The summed E-state index contributed by atoms with van der Waals surface area (Å²) in [5.41, 5.74) is 8.71. The molecule has 6 nitrogen and oxygen atoms in total. The van der Waals surface area contributed by atoms with E-state index in [1.807, 2.05) is 60.7 Å². The second-order valence-corrected chi connectivity index (χ2v) is 5.88. The smallest absolute Gasteiger partial charge is 0.194 e. The standard InChI is InChI=1S/C21H22N4O2/c1-26-18-9-6-10-19(27-2)17(18)14-25(21(22)23)20-12-11-16(13-24-20)15-7-4-3-5-8-15/h3-13H,14H2,1-2H3,(H3,22,23). The molecule has 0 radical (unpaired) electrons. The first-order valence-corrected chi connectivity index (χ1v) is 8.47. The number of aromatic nitrogens is 1. The molecular formula is C21H22N4O2. The minimum absolute atomic E-state index is 0.108. The molecule has 3 aromatic rings. The van der Waals surface area contributed by atoms with Gasteiger partial charge in [0.2, 0.25) is 0 Å². The molecule has 0 amide bonds. The first-order chi connectivity index (χ1) is 13.1. The van der Waals surface area contributed by atoms with Gasteiger partial charge in [0.1, 0.15) is 17.3 Å². The summed E-state index contributed by atoms with van der Waals surface area (Å²) in [6.45, 7) is 0.306. The summed E-state index contributed by atoms with van der Waals surface area (Å²) in [7, 11) is 3.20. The zero-order valence-electron chi connectivity index (χ0n) is 15.3. The molecule has 0 atom stereocenters. The Morgan fingerprint density at radius 3 is 2.11 bits per heavy atom. The monoisotopic (exact) mass is 362 g/mol. The molecule has 0 aliphatic rings. The fourth-order valence-corrected chi connectivity index (χ4v) is 2.88. The number of nitrogens with two attached hydrogens (primary N) is 1. The van der Waals surface area contributed by atoms with E-state index in [9.17, 15) is 0 Å². The second-order valence-electron chi connectivity index (χ2n) is 5.88. The summed E-state index contributed by atoms with van der Waals surface area (Å²) in [5, 5.41) is 7.99. The summed E-state index contributed by atoms with van der Waals surface area (Å²) in [5.74, 6) is 1.81. The Kier molecular flexibility index (Phi) is 5.56. The van der Waals surface area contributed by atoms with Gasteiger partial charge < -0.3 is 15.2 Å². The third kappa shape index (κ3) is 4.00. The average Bonchev–Trinajstić information content (AvgIpc) is 2.72. The van der Waals surface area contributed by atoms with E-state index in [4.69, 9.17) is 20.6 Å². The number of methoxy groups -OCH3 is 2. The summed E-state index contributed by atoms with van der Waals surface area (Å²) in [6, 6.07) is 19.4. The van der Waals surface area contributed by atoms with Crippen molar-refractivity contribution in [2.45, 2.75) is 6.54 Å². The molecule has 0 saturated carbocycles. The molecule has 3 rings (SSSR count). The molecule has 2 aromatic carbocycles. The zero-order valence-corrected chi connectivity index (χ0v) is 15.3. The number of nitrogens with one attached hydrogen (secondary N) is 1. The van der Waals surface area contributed by atoms with Gasteiger partial charge in [-0.15, -0.1) is 0 Å². The van der Waals surface area contributed by atoms with E-state index in [0.29, 0.717) is 23.9 Å². The molecule has 0 bridgehead atoms. The Hall–Kier alpha value is -3.54. The Balaban J connectivity index is 1.92. The van der Waals surface area contributed by atoms with Crippen LogP contribution in [0.25, 0.3) is 11.1 Å². The number of hydrogen-bond acceptors (Lipinski definition) is 4. The van der Waals surface area contributed by atoms with Crippen molar-refractivity contribution in [3.8, 4) is 22.6 Å². The van der Waals surface area contributed by atoms with Crippen molar-refractivity contribution in [3.63, 3.8) is 0 Å². The quantitative estimate of drug-likeness (QED) is 0.516. The van der Waals surface area contributed by atoms with Crippen LogP contribution >= 0.6 is 0 Å². The summed E-state index contributed by atoms with van der Waals surface area (Å²) < 4.78 is 10.9. The third-order valence-corrected chi connectivity index (χ3v) is 4.27. The van der Waals surface area contributed by atoms with Crippen molar-refractivity contribution in [2.24, 2.45) is 5.73 Å². The Bertz CT molecular complexity index is 889. The topological polar surface area (TPSA) is 84.5 Å². The molecule has 0 aliphatic carbocycles. The molecule has 27 heavy (non-hydrogen) atoms. The van der Waals surface area contributed by atoms with Crippen molar-refractivity contribution in [3.05, 3.63) is 72.4 Å². The lowest BCUT2D eigenvalue weighted by Crippen LogP contribution is -2.36. The number of ether oxygens (including phenoxy) is 2. The molecule has 138 valence electrons. The lowest BCUT2D eigenvalue weighted by atomic mass is 10.1. The van der Waals surface area contributed by atoms with Crippen molar-refractivity contribution >= 4 is 11.8 Å². The van der Waals surface area contributed by atoms with Gasteiger partial charge in [0.05, 0.1) is 26.3 Å². The minimum atomic E-state index is -0.108. The van der Waals surface area contributed by atoms with Crippen molar-refractivity contribution in [1.29, 1.82) is 5.41 Å². The fraction of sp³-hybridized carbons (Fsp3) is 0.143. The van der Waals surface area contributed by atoms with E-state index in [1.165, 1.54) is 0 Å². The van der Waals surface area contributed by atoms with Gasteiger partial charge in [-0.05, 0) is 29.8 Å². The first-order valence-electron chi connectivity index (χ1n) is 8.47. The lowest BCUT2D eigenvalue weighted by molar-refractivity contribution is 0.385. The predicted octanol–water partition coefficient (Wildman–Crippen LogP) is 3.67. The van der Waals surface area contributed by atoms with Crippen LogP contribution in [-0.2, 0) is 6.54 Å². The van der Waals surface area contributed by atoms with Crippen LogP contribution in [0.1, 0.15) is 5.56 Å². The number of pyridine rings is 1. The van der Waals surface area contributed by atoms with Gasteiger partial charge in [0, 0.05) is 11.8 Å². The average molecular weight is 362 g/mol. The molecule has 3 N–H and O–H groups in total. The maximum Gasteiger partial charge on any atom is 0.194 e. The Morgan fingerprint density at radius 1 is 0.926 bits per heavy atom. The van der Waals surface area contributed by atoms with Crippen LogP contribution < -0.4 is 20.1 Å². The van der Waals surface area contributed by atoms with E-state index >= 15 is 0 Å². The van der Waals surface area contributed by atoms with Gasteiger partial charge in [-0.25, -0.2) is 4.98 Å². The highest BCUT2D eigenvalue weighted by molar-refractivity contribution is 5.91. The van der Waals surface area contributed by atoms with Crippen molar-refractivity contribution < 1.29 is 9.47 Å². The van der Waals surface area contributed by atoms with Gasteiger partial charge in [-0.2, -0.15) is 0 Å². The number of nitrogens with zero attached hydrogens (tertiary/aromatic N) is 2. The normalized spacial score (nSPS) is 10.3. The van der Waals surface area contributed by atoms with Gasteiger partial charge >= 0.3 is 0 Å². The summed E-state index contributed by atoms with van der Waals surface area (Å²) in [4.78, 5) is 6.11. The van der Waals surface area contributed by atoms with E-state index < -0.39 is 0 Å². The van der Waals surface area contributed by atoms with Crippen LogP contribution in [0.2, 0.25) is 0 Å². The lowest BCUT2D eigenvalue weighted by Gasteiger charge is -2.24. The molecule has 0 unspecified atom stereocenters. The minimum Gasteiger partial charge on any atom is -0.496 e. The van der Waals surface area contributed by atoms with Crippen LogP contribution in [-0.4, -0.2) is 25.2 Å². The van der Waals surface area contributed by atoms with E-state index in [0.717, 1.165) is 16.7 Å². The number of hydrogen-bond donors (Lipinski definition) is 2. The molecular weight excluding hydrogens is 340 g/mol. The van der Waals surface area contributed by atoms with E-state index in [1.54, 1.807) is 25.3 Å². The number of rotatable bonds is 6. The van der Waals surface area contributed by atoms with Crippen molar-refractivity contribution in [2.75, 3.05) is 19.1 Å². The maximum atomic E-state index is 7.99. The second kappa shape index (κ2) is 8.23. The molecule has 0 spiro atoms. The number of anilines is 1. The molecule has 0 saturated heterocycles. The highest BCUT2D eigenvalue weighted by Crippen LogP contribution is 2.31. The molecule has 1 aromatic heterocycles. The first kappa shape index (κ1) is 18.3. The SMILES string of the molecule is COc1cccc(OC)c1CN(C(=N)N)c1ccc(-c2ccccc2)cn1. The third-order valence-electron chi connectivity index (χ3n) is 4.27. The summed E-state index contributed by atoms with van der Waals surface area (Å²) in [6.07, 6.45) is 1.78. The fourth-order valence-electron chi connectivity index (χ4n) is 2.88. The van der Waals surface area contributed by atoms with Crippen LogP contribution in [0, 0.1) is 5.41 Å². The zero-order chi connectivity index (χ0) is 19.2. The van der Waals surface area contributed by atoms with Gasteiger partial charge in [-0.3, -0.25) is 10.3 Å². The highest BCUT2D eigenvalue weighted by atomic mass is 16.5. The largest absolute Gasteiger partial charge is 0.496 e. The molecule has 0 aliphatic heterocycles. The predicted molar refractivity (Wildman–Crippen MR) is 107 cm³/mol. The van der Waals surface area contributed by atoms with Gasteiger partial charge in [-0.1, -0.05) is 36.4 Å². The number of benzene rings is 2. The molecule has 0 fully saturated rings. The van der Waals surface area contributed by atoms with Gasteiger partial charge in [0.25, 0.3) is 0 Å². The van der Waals surface area contributed by atoms with Crippen LogP contribution in [0.15, 0.2) is 66.9 Å². The van der Waals surface area contributed by atoms with Crippen LogP contribution in [0.3, 0.4) is 0 Å².